The molecule has 1 fully saturated rings. The van der Waals surface area contributed by atoms with Gasteiger partial charge in [0.25, 0.3) is 0 Å². The van der Waals surface area contributed by atoms with Gasteiger partial charge in [0.1, 0.15) is 5.01 Å². The third kappa shape index (κ3) is 1.84. The molecule has 0 bridgehead atoms. The monoisotopic (exact) mass is 225 g/mol. The van der Waals surface area contributed by atoms with Gasteiger partial charge in [-0.25, -0.2) is 9.78 Å². The second-order valence-corrected chi connectivity index (χ2v) is 5.03. The van der Waals surface area contributed by atoms with Crippen LogP contribution in [0.5, 0.6) is 0 Å². The fourth-order valence-electron chi connectivity index (χ4n) is 1.80. The van der Waals surface area contributed by atoms with E-state index in [0.29, 0.717) is 0 Å². The fraction of sp³-hybridized carbons (Fsp3) is 0.600. The SMILES string of the molecule is CC(C)(c1nccs1)N1CCCNC1=O. The topological polar surface area (TPSA) is 45.2 Å². The Hall–Kier alpha value is -1.10. The van der Waals surface area contributed by atoms with Gasteiger partial charge >= 0.3 is 6.03 Å². The van der Waals surface area contributed by atoms with Crippen LogP contribution in [0.4, 0.5) is 4.79 Å². The molecule has 1 aliphatic rings. The number of aromatic nitrogens is 1. The number of rotatable bonds is 2. The Bertz CT molecular complexity index is 348. The maximum absolute atomic E-state index is 11.7. The van der Waals surface area contributed by atoms with Crippen molar-refractivity contribution in [1.29, 1.82) is 0 Å². The molecule has 4 nitrogen and oxygen atoms in total. The summed E-state index contributed by atoms with van der Waals surface area (Å²) in [7, 11) is 0. The summed E-state index contributed by atoms with van der Waals surface area (Å²) in [6, 6.07) is 0.0152. The lowest BCUT2D eigenvalue weighted by Crippen LogP contribution is -2.54. The molecule has 0 unspecified atom stereocenters. The smallest absolute Gasteiger partial charge is 0.318 e. The maximum atomic E-state index is 11.7. The molecular formula is C10H15N3OS. The predicted molar refractivity (Wildman–Crippen MR) is 59.9 cm³/mol. The van der Waals surface area contributed by atoms with Crippen molar-refractivity contribution in [3.05, 3.63) is 16.6 Å². The van der Waals surface area contributed by atoms with Crippen LogP contribution in [-0.2, 0) is 5.54 Å². The van der Waals surface area contributed by atoms with Crippen molar-refractivity contribution in [2.24, 2.45) is 0 Å². The molecule has 0 spiro atoms. The number of nitrogens with zero attached hydrogens (tertiary/aromatic N) is 2. The summed E-state index contributed by atoms with van der Waals surface area (Å²) in [5.41, 5.74) is -0.307. The van der Waals surface area contributed by atoms with Gasteiger partial charge in [0.2, 0.25) is 0 Å². The van der Waals surface area contributed by atoms with Crippen molar-refractivity contribution < 1.29 is 4.79 Å². The number of carbonyl (C=O) groups excluding carboxylic acids is 1. The molecule has 2 heterocycles. The molecule has 2 rings (SSSR count). The van der Waals surface area contributed by atoms with Crippen molar-refractivity contribution in [1.82, 2.24) is 15.2 Å². The second kappa shape index (κ2) is 3.81. The van der Waals surface area contributed by atoms with E-state index in [-0.39, 0.29) is 11.6 Å². The summed E-state index contributed by atoms with van der Waals surface area (Å²) in [6.07, 6.45) is 2.78. The minimum Gasteiger partial charge on any atom is -0.338 e. The van der Waals surface area contributed by atoms with Crippen LogP contribution in [0.15, 0.2) is 11.6 Å². The summed E-state index contributed by atoms with van der Waals surface area (Å²) in [6.45, 7) is 5.66. The van der Waals surface area contributed by atoms with Gasteiger partial charge in [-0.05, 0) is 20.3 Å². The third-order valence-corrected chi connectivity index (χ3v) is 3.80. The molecule has 82 valence electrons. The molecule has 0 aromatic carbocycles. The Balaban J connectivity index is 2.24. The number of amides is 2. The van der Waals surface area contributed by atoms with E-state index in [0.717, 1.165) is 24.5 Å². The minimum absolute atomic E-state index is 0.0152. The summed E-state index contributed by atoms with van der Waals surface area (Å²) in [5.74, 6) is 0. The normalized spacial score (nSPS) is 17.7. The van der Waals surface area contributed by atoms with E-state index in [9.17, 15) is 4.79 Å². The van der Waals surface area contributed by atoms with E-state index in [2.05, 4.69) is 10.3 Å². The van der Waals surface area contributed by atoms with Crippen molar-refractivity contribution in [3.8, 4) is 0 Å². The Morgan fingerprint density at radius 1 is 1.60 bits per heavy atom. The highest BCUT2D eigenvalue weighted by molar-refractivity contribution is 7.09. The molecule has 5 heteroatoms. The quantitative estimate of drug-likeness (QED) is 0.834. The third-order valence-electron chi connectivity index (χ3n) is 2.71. The van der Waals surface area contributed by atoms with Crippen molar-refractivity contribution in [2.45, 2.75) is 25.8 Å². The standard InChI is InChI=1S/C10H15N3OS/c1-10(2,8-11-5-7-15-8)13-6-3-4-12-9(13)14/h5,7H,3-4,6H2,1-2H3,(H,12,14). The molecule has 1 N–H and O–H groups in total. The van der Waals surface area contributed by atoms with Crippen LogP contribution < -0.4 is 5.32 Å². The van der Waals surface area contributed by atoms with Crippen molar-refractivity contribution >= 4 is 17.4 Å². The number of nitrogens with one attached hydrogen (secondary N) is 1. The molecule has 0 atom stereocenters. The highest BCUT2D eigenvalue weighted by atomic mass is 32.1. The van der Waals surface area contributed by atoms with E-state index in [4.69, 9.17) is 0 Å². The zero-order chi connectivity index (χ0) is 10.9. The van der Waals surface area contributed by atoms with Gasteiger partial charge < -0.3 is 10.2 Å². The maximum Gasteiger partial charge on any atom is 0.318 e. The van der Waals surface area contributed by atoms with Crippen LogP contribution in [0.3, 0.4) is 0 Å². The zero-order valence-corrected chi connectivity index (χ0v) is 9.80. The lowest BCUT2D eigenvalue weighted by atomic mass is 10.0. The fourth-order valence-corrected chi connectivity index (χ4v) is 2.57. The van der Waals surface area contributed by atoms with Gasteiger partial charge in [0.05, 0.1) is 5.54 Å². The number of carbonyl (C=O) groups is 1. The van der Waals surface area contributed by atoms with Crippen LogP contribution in [-0.4, -0.2) is 29.0 Å². The van der Waals surface area contributed by atoms with Crippen LogP contribution in [0.2, 0.25) is 0 Å². The van der Waals surface area contributed by atoms with Crippen LogP contribution in [0.25, 0.3) is 0 Å². The first-order valence-corrected chi connectivity index (χ1v) is 5.96. The molecule has 0 saturated carbocycles. The number of thiazole rings is 1. The number of hydrogen-bond donors (Lipinski definition) is 1. The highest BCUT2D eigenvalue weighted by Gasteiger charge is 2.35. The number of hydrogen-bond acceptors (Lipinski definition) is 3. The molecule has 0 radical (unpaired) electrons. The molecule has 1 saturated heterocycles. The minimum atomic E-state index is -0.307. The van der Waals surface area contributed by atoms with Gasteiger partial charge in [-0.15, -0.1) is 11.3 Å². The van der Waals surface area contributed by atoms with Crippen LogP contribution in [0.1, 0.15) is 25.3 Å². The highest BCUT2D eigenvalue weighted by Crippen LogP contribution is 2.30. The average Bonchev–Trinajstić information content (AvgIpc) is 2.71. The Kier molecular flexibility index (Phi) is 2.65. The van der Waals surface area contributed by atoms with Crippen molar-refractivity contribution in [3.63, 3.8) is 0 Å². The first-order valence-electron chi connectivity index (χ1n) is 5.08. The molecule has 1 aromatic heterocycles. The predicted octanol–water partition coefficient (Wildman–Crippen LogP) is 1.79. The summed E-state index contributed by atoms with van der Waals surface area (Å²) in [5, 5.41) is 5.79. The lowest BCUT2D eigenvalue weighted by Gasteiger charge is -2.39. The van der Waals surface area contributed by atoms with Gasteiger partial charge in [-0.2, -0.15) is 0 Å². The van der Waals surface area contributed by atoms with E-state index in [1.54, 1.807) is 17.5 Å². The molecule has 0 aliphatic carbocycles. The Labute approximate surface area is 93.3 Å². The van der Waals surface area contributed by atoms with E-state index in [1.807, 2.05) is 24.1 Å². The Morgan fingerprint density at radius 3 is 3.00 bits per heavy atom. The van der Waals surface area contributed by atoms with E-state index < -0.39 is 0 Å². The molecule has 1 aliphatic heterocycles. The van der Waals surface area contributed by atoms with E-state index >= 15 is 0 Å². The average molecular weight is 225 g/mol. The lowest BCUT2D eigenvalue weighted by molar-refractivity contribution is 0.120. The first kappa shape index (κ1) is 10.4. The van der Waals surface area contributed by atoms with Crippen LogP contribution in [0, 0.1) is 0 Å². The zero-order valence-electron chi connectivity index (χ0n) is 8.99. The van der Waals surface area contributed by atoms with E-state index in [1.165, 1.54) is 0 Å². The summed E-state index contributed by atoms with van der Waals surface area (Å²) < 4.78 is 0. The second-order valence-electron chi connectivity index (χ2n) is 4.13. The van der Waals surface area contributed by atoms with Gasteiger partial charge in [0.15, 0.2) is 0 Å². The number of urea groups is 1. The largest absolute Gasteiger partial charge is 0.338 e. The Morgan fingerprint density at radius 2 is 2.40 bits per heavy atom. The van der Waals surface area contributed by atoms with Crippen LogP contribution >= 0.6 is 11.3 Å². The molecule has 2 amide bonds. The van der Waals surface area contributed by atoms with Gasteiger partial charge in [-0.3, -0.25) is 0 Å². The summed E-state index contributed by atoms with van der Waals surface area (Å²) in [4.78, 5) is 17.9. The molecule has 1 aromatic rings. The van der Waals surface area contributed by atoms with Gasteiger partial charge in [-0.1, -0.05) is 0 Å². The van der Waals surface area contributed by atoms with Crippen molar-refractivity contribution in [2.75, 3.05) is 13.1 Å². The molecular weight excluding hydrogens is 210 g/mol. The first-order chi connectivity index (χ1) is 7.12. The van der Waals surface area contributed by atoms with Gasteiger partial charge in [0, 0.05) is 24.7 Å². The molecule has 15 heavy (non-hydrogen) atoms. The summed E-state index contributed by atoms with van der Waals surface area (Å²) >= 11 is 1.59.